The average Bonchev–Trinajstić information content (AvgIpc) is 3.24. The number of carbonyl (C=O) groups excluding carboxylic acids is 1. The van der Waals surface area contributed by atoms with Gasteiger partial charge in [-0.25, -0.2) is 9.97 Å². The van der Waals surface area contributed by atoms with Crippen LogP contribution in [0.5, 0.6) is 0 Å². The molecule has 2 unspecified atom stereocenters. The summed E-state index contributed by atoms with van der Waals surface area (Å²) >= 11 is 0. The van der Waals surface area contributed by atoms with Gasteiger partial charge in [0.25, 0.3) is 0 Å². The molecule has 0 N–H and O–H groups in total. The number of anilines is 1. The van der Waals surface area contributed by atoms with Crippen molar-refractivity contribution in [1.82, 2.24) is 14.5 Å². The maximum Gasteiger partial charge on any atom is 0.171 e. The zero-order valence-corrected chi connectivity index (χ0v) is 23.0. The number of hydrogen-bond donors (Lipinski definition) is 0. The Labute approximate surface area is 209 Å². The van der Waals surface area contributed by atoms with Crippen LogP contribution in [0.25, 0.3) is 22.4 Å². The van der Waals surface area contributed by atoms with Gasteiger partial charge in [-0.3, -0.25) is 4.79 Å². The molecular weight excluding hydrogens is 452 g/mol. The van der Waals surface area contributed by atoms with Crippen molar-refractivity contribution in [3.8, 4) is 11.3 Å². The van der Waals surface area contributed by atoms with Gasteiger partial charge in [0.05, 0.1) is 17.5 Å². The first-order valence-electron chi connectivity index (χ1n) is 12.8. The van der Waals surface area contributed by atoms with Gasteiger partial charge in [-0.15, -0.1) is 0 Å². The van der Waals surface area contributed by atoms with E-state index in [0.29, 0.717) is 30.1 Å². The number of nitrogens with zero attached hydrogens (tertiary/aromatic N) is 4. The second-order valence-electron chi connectivity index (χ2n) is 12.6. The number of benzene rings is 1. The van der Waals surface area contributed by atoms with Crippen LogP contribution in [0, 0.1) is 17.3 Å². The molecule has 2 aliphatic rings. The highest BCUT2D eigenvalue weighted by Gasteiger charge is 2.45. The number of carbonyl (C=O) groups is 1. The van der Waals surface area contributed by atoms with Crippen LogP contribution in [-0.2, 0) is 11.5 Å². The lowest BCUT2D eigenvalue weighted by Crippen LogP contribution is -2.22. The van der Waals surface area contributed by atoms with Gasteiger partial charge in [0.2, 0.25) is 0 Å². The fourth-order valence-corrected chi connectivity index (χ4v) is 5.63. The average molecular weight is 491 g/mol. The summed E-state index contributed by atoms with van der Waals surface area (Å²) in [5.74, 6) is 1.84. The summed E-state index contributed by atoms with van der Waals surface area (Å²) in [6.07, 6.45) is 5.10. The molecule has 2 aromatic heterocycles. The number of ether oxygens (including phenoxy) is 1. The van der Waals surface area contributed by atoms with Crippen LogP contribution in [-0.4, -0.2) is 48.1 Å². The minimum absolute atomic E-state index is 0.0693. The molecule has 0 spiro atoms. The fourth-order valence-electron chi connectivity index (χ4n) is 4.87. The second kappa shape index (κ2) is 8.86. The predicted octanol–water partition coefficient (Wildman–Crippen LogP) is 6.10. The maximum absolute atomic E-state index is 13.3. The maximum atomic E-state index is 13.3. The highest BCUT2D eigenvalue weighted by molar-refractivity contribution is 6.76. The van der Waals surface area contributed by atoms with E-state index in [0.717, 1.165) is 42.2 Å². The molecule has 3 aromatic rings. The zero-order valence-electron chi connectivity index (χ0n) is 22.0. The van der Waals surface area contributed by atoms with Gasteiger partial charge < -0.3 is 14.2 Å². The third kappa shape index (κ3) is 5.21. The molecule has 0 radical (unpaired) electrons. The van der Waals surface area contributed by atoms with Crippen molar-refractivity contribution >= 4 is 30.7 Å². The van der Waals surface area contributed by atoms with Gasteiger partial charge in [-0.2, -0.15) is 0 Å². The van der Waals surface area contributed by atoms with E-state index in [4.69, 9.17) is 14.7 Å². The van der Waals surface area contributed by atoms with Crippen LogP contribution in [0.1, 0.15) is 37.6 Å². The van der Waals surface area contributed by atoms with E-state index < -0.39 is 13.5 Å². The number of Topliss-reactive ketones (excluding diaryl/α,β-unsaturated/α-hetero) is 1. The molecule has 2 fully saturated rings. The fraction of sp³-hybridized carbons (Fsp3) is 0.536. The van der Waals surface area contributed by atoms with Crippen LogP contribution in [0.2, 0.25) is 25.7 Å². The molecule has 7 heteroatoms. The van der Waals surface area contributed by atoms with Crippen molar-refractivity contribution in [2.75, 3.05) is 24.6 Å². The van der Waals surface area contributed by atoms with E-state index in [1.165, 1.54) is 12.1 Å². The van der Waals surface area contributed by atoms with Gasteiger partial charge >= 0.3 is 0 Å². The topological polar surface area (TPSA) is 60.3 Å². The summed E-state index contributed by atoms with van der Waals surface area (Å²) in [7, 11) is -1.17. The van der Waals surface area contributed by atoms with E-state index in [9.17, 15) is 4.79 Å². The molecule has 1 aliphatic heterocycles. The molecule has 6 nitrogen and oxygen atoms in total. The van der Waals surface area contributed by atoms with Crippen LogP contribution in [0.3, 0.4) is 0 Å². The Bertz CT molecular complexity index is 1240. The number of fused-ring (bicyclic) bond motifs is 2. The summed E-state index contributed by atoms with van der Waals surface area (Å²) < 4.78 is 7.93. The van der Waals surface area contributed by atoms with Crippen LogP contribution in [0.4, 0.5) is 5.69 Å². The number of piperidine rings is 1. The van der Waals surface area contributed by atoms with Gasteiger partial charge in [0, 0.05) is 50.6 Å². The molecular formula is C28H38N4O2Si. The molecule has 0 bridgehead atoms. The monoisotopic (exact) mass is 490 g/mol. The van der Waals surface area contributed by atoms with Crippen LogP contribution in [0.15, 0.2) is 36.7 Å². The molecule has 1 saturated heterocycles. The van der Waals surface area contributed by atoms with Crippen molar-refractivity contribution in [1.29, 1.82) is 0 Å². The first-order chi connectivity index (χ1) is 16.5. The van der Waals surface area contributed by atoms with E-state index in [1.54, 1.807) is 0 Å². The summed E-state index contributed by atoms with van der Waals surface area (Å²) in [6.45, 7) is 16.3. The van der Waals surface area contributed by atoms with Crippen LogP contribution < -0.4 is 4.90 Å². The lowest BCUT2D eigenvalue weighted by Gasteiger charge is -2.20. The Morgan fingerprint density at radius 3 is 2.60 bits per heavy atom. The Hall–Kier alpha value is -2.51. The van der Waals surface area contributed by atoms with Crippen molar-refractivity contribution < 1.29 is 9.53 Å². The van der Waals surface area contributed by atoms with Crippen LogP contribution >= 0.6 is 0 Å². The lowest BCUT2D eigenvalue weighted by atomic mass is 9.87. The Morgan fingerprint density at radius 1 is 1.17 bits per heavy atom. The number of aromatic nitrogens is 3. The lowest BCUT2D eigenvalue weighted by molar-refractivity contribution is 0.0849. The number of hydrogen-bond acceptors (Lipinski definition) is 5. The van der Waals surface area contributed by atoms with Crippen molar-refractivity contribution in [3.63, 3.8) is 0 Å². The molecule has 0 amide bonds. The van der Waals surface area contributed by atoms with E-state index in [-0.39, 0.29) is 5.78 Å². The second-order valence-corrected chi connectivity index (χ2v) is 18.2. The highest BCUT2D eigenvalue weighted by Crippen LogP contribution is 2.46. The molecule has 1 aliphatic carbocycles. The van der Waals surface area contributed by atoms with Gasteiger partial charge in [-0.1, -0.05) is 52.5 Å². The van der Waals surface area contributed by atoms with E-state index >= 15 is 0 Å². The SMILES string of the molecule is CC(C)(C)C(=O)c1cn(COCC[Si](C)(C)C)c2ncc(-c3cccc(N4CC5CC5C4)c3)nc12. The van der Waals surface area contributed by atoms with Gasteiger partial charge in [0.1, 0.15) is 12.2 Å². The third-order valence-electron chi connectivity index (χ3n) is 7.20. The number of rotatable bonds is 8. The van der Waals surface area contributed by atoms with Crippen molar-refractivity contribution in [2.45, 2.75) is 59.6 Å². The Morgan fingerprint density at radius 2 is 1.91 bits per heavy atom. The first kappa shape index (κ1) is 24.2. The van der Waals surface area contributed by atoms with Crippen molar-refractivity contribution in [3.05, 3.63) is 42.2 Å². The minimum atomic E-state index is -1.17. The normalized spacial score (nSPS) is 19.9. The Balaban J connectivity index is 1.46. The zero-order chi connectivity index (χ0) is 25.0. The smallest absolute Gasteiger partial charge is 0.171 e. The third-order valence-corrected chi connectivity index (χ3v) is 8.91. The van der Waals surface area contributed by atoms with Crippen molar-refractivity contribution in [2.24, 2.45) is 17.3 Å². The van der Waals surface area contributed by atoms with Gasteiger partial charge in [-0.05, 0) is 36.4 Å². The highest BCUT2D eigenvalue weighted by atomic mass is 28.3. The molecule has 186 valence electrons. The largest absolute Gasteiger partial charge is 0.371 e. The number of ketones is 1. The predicted molar refractivity (Wildman–Crippen MR) is 145 cm³/mol. The molecule has 5 rings (SSSR count). The summed E-state index contributed by atoms with van der Waals surface area (Å²) in [6, 6.07) is 9.67. The summed E-state index contributed by atoms with van der Waals surface area (Å²) in [5, 5.41) is 0. The standard InChI is InChI=1S/C28H38N4O2Si/c1-28(2,3)26(33)23-17-32(18-34-10-11-35(4,5)6)27-25(23)30-24(14-29-27)19-8-7-9-22(13-19)31-15-20-12-21(20)16-31/h7-9,13-14,17,20-21H,10-12,15-16,18H2,1-6H3. The van der Waals surface area contributed by atoms with E-state index in [1.807, 2.05) is 37.7 Å². The summed E-state index contributed by atoms with van der Waals surface area (Å²) in [4.78, 5) is 25.6. The Kier molecular flexibility index (Phi) is 6.12. The summed E-state index contributed by atoms with van der Waals surface area (Å²) in [5.41, 5.74) is 4.54. The molecule has 1 saturated carbocycles. The first-order valence-corrected chi connectivity index (χ1v) is 16.5. The quantitative estimate of drug-likeness (QED) is 0.217. The van der Waals surface area contributed by atoms with Gasteiger partial charge in [0.15, 0.2) is 11.4 Å². The molecule has 3 heterocycles. The minimum Gasteiger partial charge on any atom is -0.371 e. The van der Waals surface area contributed by atoms with E-state index in [2.05, 4.69) is 48.8 Å². The molecule has 35 heavy (non-hydrogen) atoms. The molecule has 1 aromatic carbocycles. The molecule has 2 atom stereocenters.